The topological polar surface area (TPSA) is 43.4 Å². The van der Waals surface area contributed by atoms with Gasteiger partial charge in [0.05, 0.1) is 7.11 Å². The number of ketones is 2. The normalized spacial score (nSPS) is 11.3. The van der Waals surface area contributed by atoms with Gasteiger partial charge in [-0.3, -0.25) is 9.59 Å². The third-order valence-electron chi connectivity index (χ3n) is 4.73. The van der Waals surface area contributed by atoms with Gasteiger partial charge in [-0.1, -0.05) is 30.3 Å². The summed E-state index contributed by atoms with van der Waals surface area (Å²) in [6, 6.07) is 15.2. The van der Waals surface area contributed by atoms with Crippen LogP contribution in [0.25, 0.3) is 0 Å². The Kier molecular flexibility index (Phi) is 8.43. The van der Waals surface area contributed by atoms with Gasteiger partial charge in [0.1, 0.15) is 5.75 Å². The van der Waals surface area contributed by atoms with Gasteiger partial charge in [-0.25, -0.2) is 0 Å². The second kappa shape index (κ2) is 10.8. The van der Waals surface area contributed by atoms with E-state index in [9.17, 15) is 22.8 Å². The van der Waals surface area contributed by atoms with Crippen molar-refractivity contribution in [2.24, 2.45) is 0 Å². The maximum absolute atomic E-state index is 12.3. The second-order valence-corrected chi connectivity index (χ2v) is 6.92. The fourth-order valence-corrected chi connectivity index (χ4v) is 3.13. The predicted octanol–water partition coefficient (Wildman–Crippen LogP) is 5.75. The van der Waals surface area contributed by atoms with Crippen LogP contribution in [-0.4, -0.2) is 24.9 Å². The first kappa shape index (κ1) is 22.7. The molecular formula is C23H25F3O3. The Morgan fingerprint density at radius 1 is 0.897 bits per heavy atom. The highest BCUT2D eigenvalue weighted by molar-refractivity contribution is 5.96. The average Bonchev–Trinajstić information content (AvgIpc) is 2.71. The molecule has 0 atom stereocenters. The molecule has 2 aromatic carbocycles. The number of Topliss-reactive ketones (excluding diaryl/α,β-unsaturated/α-hetero) is 2. The predicted molar refractivity (Wildman–Crippen MR) is 105 cm³/mol. The second-order valence-electron chi connectivity index (χ2n) is 6.92. The monoisotopic (exact) mass is 406 g/mol. The minimum Gasteiger partial charge on any atom is -0.496 e. The molecule has 0 fully saturated rings. The summed E-state index contributed by atoms with van der Waals surface area (Å²) in [5.41, 5.74) is 2.61. The van der Waals surface area contributed by atoms with Crippen molar-refractivity contribution in [3.8, 4) is 5.75 Å². The van der Waals surface area contributed by atoms with Crippen molar-refractivity contribution < 1.29 is 27.5 Å². The summed E-state index contributed by atoms with van der Waals surface area (Å²) < 4.78 is 42.1. The number of carbonyl (C=O) groups excluding carboxylic acids is 2. The highest BCUT2D eigenvalue weighted by Gasteiger charge is 2.37. The van der Waals surface area contributed by atoms with Crippen LogP contribution in [0.1, 0.15) is 53.6 Å². The molecule has 0 saturated carbocycles. The van der Waals surface area contributed by atoms with E-state index >= 15 is 0 Å². The highest BCUT2D eigenvalue weighted by Crippen LogP contribution is 2.24. The van der Waals surface area contributed by atoms with Gasteiger partial charge in [0.2, 0.25) is 5.78 Å². The first-order valence-corrected chi connectivity index (χ1v) is 9.65. The van der Waals surface area contributed by atoms with E-state index in [1.54, 1.807) is 25.3 Å². The molecule has 2 rings (SSSR count). The lowest BCUT2D eigenvalue weighted by Crippen LogP contribution is -2.22. The number of unbranched alkanes of at least 4 members (excludes halogenated alkanes) is 1. The van der Waals surface area contributed by atoms with Crippen molar-refractivity contribution in [3.63, 3.8) is 0 Å². The number of aryl methyl sites for hydroxylation is 2. The molecule has 0 N–H and O–H groups in total. The summed E-state index contributed by atoms with van der Waals surface area (Å²) in [5.74, 6) is -1.37. The standard InChI is InChI=1S/C23H25F3O3/c1-29-21-15-14-18(20(27)12-7-13-22(28)23(24,25)26)16-19(21)11-6-5-10-17-8-3-2-4-9-17/h2-4,8-9,14-16H,5-7,10-13H2,1H3. The van der Waals surface area contributed by atoms with Crippen LogP contribution < -0.4 is 4.74 Å². The summed E-state index contributed by atoms with van der Waals surface area (Å²) in [5, 5.41) is 0. The number of rotatable bonds is 11. The molecule has 0 bridgehead atoms. The number of hydrogen-bond donors (Lipinski definition) is 0. The lowest BCUT2D eigenvalue weighted by molar-refractivity contribution is -0.171. The largest absolute Gasteiger partial charge is 0.496 e. The number of alkyl halides is 3. The zero-order valence-electron chi connectivity index (χ0n) is 16.4. The SMILES string of the molecule is COc1ccc(C(=O)CCCC(=O)C(F)(F)F)cc1CCCCc1ccccc1. The highest BCUT2D eigenvalue weighted by atomic mass is 19.4. The summed E-state index contributed by atoms with van der Waals surface area (Å²) in [4.78, 5) is 23.2. The fraction of sp³-hybridized carbons (Fsp3) is 0.391. The molecular weight excluding hydrogens is 381 g/mol. The lowest BCUT2D eigenvalue weighted by Gasteiger charge is -2.11. The van der Waals surface area contributed by atoms with Crippen LogP contribution in [0.2, 0.25) is 0 Å². The molecule has 0 amide bonds. The third kappa shape index (κ3) is 7.37. The molecule has 29 heavy (non-hydrogen) atoms. The van der Waals surface area contributed by atoms with Gasteiger partial charge in [-0.15, -0.1) is 0 Å². The molecule has 0 aliphatic heterocycles. The van der Waals surface area contributed by atoms with Crippen LogP contribution >= 0.6 is 0 Å². The average molecular weight is 406 g/mol. The van der Waals surface area contributed by atoms with Gasteiger partial charge in [0.25, 0.3) is 0 Å². The van der Waals surface area contributed by atoms with E-state index in [-0.39, 0.29) is 18.6 Å². The summed E-state index contributed by atoms with van der Waals surface area (Å²) >= 11 is 0. The zero-order valence-corrected chi connectivity index (χ0v) is 16.4. The van der Waals surface area contributed by atoms with Crippen LogP contribution in [0.3, 0.4) is 0 Å². The van der Waals surface area contributed by atoms with Gasteiger partial charge in [-0.05, 0) is 61.4 Å². The van der Waals surface area contributed by atoms with Gasteiger partial charge in [0.15, 0.2) is 5.78 Å². The Morgan fingerprint density at radius 3 is 2.24 bits per heavy atom. The van der Waals surface area contributed by atoms with Crippen molar-refractivity contribution in [2.75, 3.05) is 7.11 Å². The Hall–Kier alpha value is -2.63. The summed E-state index contributed by atoms with van der Waals surface area (Å²) in [6.45, 7) is 0. The smallest absolute Gasteiger partial charge is 0.449 e. The van der Waals surface area contributed by atoms with E-state index in [2.05, 4.69) is 12.1 Å². The molecule has 0 heterocycles. The van der Waals surface area contributed by atoms with E-state index < -0.39 is 18.4 Å². The van der Waals surface area contributed by atoms with E-state index in [4.69, 9.17) is 4.74 Å². The molecule has 156 valence electrons. The van der Waals surface area contributed by atoms with Crippen LogP contribution in [0.4, 0.5) is 13.2 Å². The summed E-state index contributed by atoms with van der Waals surface area (Å²) in [7, 11) is 1.56. The van der Waals surface area contributed by atoms with E-state index in [0.717, 1.165) is 31.2 Å². The molecule has 3 nitrogen and oxygen atoms in total. The fourth-order valence-electron chi connectivity index (χ4n) is 3.13. The number of ether oxygens (including phenoxy) is 1. The number of carbonyl (C=O) groups is 2. The van der Waals surface area contributed by atoms with Crippen LogP contribution in [0.15, 0.2) is 48.5 Å². The minimum absolute atomic E-state index is 0.0956. The first-order chi connectivity index (χ1) is 13.8. The Bertz CT molecular complexity index is 814. The van der Waals surface area contributed by atoms with E-state index in [1.807, 2.05) is 18.2 Å². The third-order valence-corrected chi connectivity index (χ3v) is 4.73. The Balaban J connectivity index is 1.89. The number of benzene rings is 2. The minimum atomic E-state index is -4.84. The van der Waals surface area contributed by atoms with Gasteiger partial charge < -0.3 is 4.74 Å². The maximum Gasteiger partial charge on any atom is 0.449 e. The van der Waals surface area contributed by atoms with Gasteiger partial charge >= 0.3 is 6.18 Å². The zero-order chi connectivity index (χ0) is 21.3. The Morgan fingerprint density at radius 2 is 1.59 bits per heavy atom. The van der Waals surface area contributed by atoms with E-state index in [0.29, 0.717) is 11.3 Å². The van der Waals surface area contributed by atoms with Crippen molar-refractivity contribution in [3.05, 3.63) is 65.2 Å². The van der Waals surface area contributed by atoms with Crippen LogP contribution in [-0.2, 0) is 17.6 Å². The van der Waals surface area contributed by atoms with Crippen molar-refractivity contribution in [1.29, 1.82) is 0 Å². The number of methoxy groups -OCH3 is 1. The first-order valence-electron chi connectivity index (χ1n) is 9.65. The maximum atomic E-state index is 12.3. The molecule has 0 spiro atoms. The molecule has 0 aliphatic rings. The number of halogens is 3. The van der Waals surface area contributed by atoms with Gasteiger partial charge in [-0.2, -0.15) is 13.2 Å². The lowest BCUT2D eigenvalue weighted by atomic mass is 9.98. The molecule has 0 radical (unpaired) electrons. The molecule has 0 saturated heterocycles. The molecule has 6 heteroatoms. The Labute approximate surface area is 168 Å². The van der Waals surface area contributed by atoms with Crippen molar-refractivity contribution in [2.45, 2.75) is 51.1 Å². The number of hydrogen-bond acceptors (Lipinski definition) is 3. The quantitative estimate of drug-likeness (QED) is 0.353. The van der Waals surface area contributed by atoms with E-state index in [1.165, 1.54) is 5.56 Å². The van der Waals surface area contributed by atoms with Crippen LogP contribution in [0, 0.1) is 0 Å². The van der Waals surface area contributed by atoms with Crippen molar-refractivity contribution >= 4 is 11.6 Å². The molecule has 0 aliphatic carbocycles. The van der Waals surface area contributed by atoms with Crippen LogP contribution in [0.5, 0.6) is 5.75 Å². The molecule has 0 aromatic heterocycles. The summed E-state index contributed by atoms with van der Waals surface area (Å²) in [6.07, 6.45) is -2.10. The van der Waals surface area contributed by atoms with Gasteiger partial charge in [0, 0.05) is 18.4 Å². The molecule has 2 aromatic rings. The molecule has 0 unspecified atom stereocenters. The van der Waals surface area contributed by atoms with Crippen molar-refractivity contribution in [1.82, 2.24) is 0 Å².